The molecule has 1 aliphatic carbocycles. The maximum atomic E-state index is 13.5. The molecule has 1 aromatic rings. The van der Waals surface area contributed by atoms with Crippen LogP contribution in [0.3, 0.4) is 0 Å². The fourth-order valence-corrected chi connectivity index (χ4v) is 3.19. The van der Waals surface area contributed by atoms with Gasteiger partial charge in [0.05, 0.1) is 5.02 Å². The van der Waals surface area contributed by atoms with Gasteiger partial charge in [-0.3, -0.25) is 4.79 Å². The van der Waals surface area contributed by atoms with Crippen molar-refractivity contribution in [3.63, 3.8) is 0 Å². The zero-order chi connectivity index (χ0) is 15.3. The maximum absolute atomic E-state index is 13.5. The lowest BCUT2D eigenvalue weighted by molar-refractivity contribution is -0.145. The van der Waals surface area contributed by atoms with Crippen LogP contribution in [0, 0.1) is 5.82 Å². The largest absolute Gasteiger partial charge is 0.367 e. The highest BCUT2D eigenvalue weighted by molar-refractivity contribution is 6.30. The van der Waals surface area contributed by atoms with Gasteiger partial charge in [0.1, 0.15) is 11.4 Å². The van der Waals surface area contributed by atoms with Gasteiger partial charge in [-0.1, -0.05) is 43.4 Å². The smallest absolute Gasteiger partial charge is 0.168 e. The van der Waals surface area contributed by atoms with Gasteiger partial charge in [-0.15, -0.1) is 0 Å². The Morgan fingerprint density at radius 1 is 1.29 bits per heavy atom. The van der Waals surface area contributed by atoms with Crippen molar-refractivity contribution in [1.82, 2.24) is 0 Å². The summed E-state index contributed by atoms with van der Waals surface area (Å²) < 4.78 is 19.4. The lowest BCUT2D eigenvalue weighted by Crippen LogP contribution is -2.42. The van der Waals surface area contributed by atoms with Crippen molar-refractivity contribution in [2.45, 2.75) is 57.5 Å². The molecule has 0 atom stereocenters. The average Bonchev–Trinajstić information content (AvgIpc) is 2.70. The predicted octanol–water partition coefficient (Wildman–Crippen LogP) is 4.72. The van der Waals surface area contributed by atoms with Crippen molar-refractivity contribution >= 4 is 17.4 Å². The molecule has 1 aliphatic rings. The fourth-order valence-electron chi connectivity index (χ4n) is 3.08. The summed E-state index contributed by atoms with van der Waals surface area (Å²) in [6.07, 6.45) is 6.08. The Morgan fingerprint density at radius 2 is 1.95 bits per heavy atom. The van der Waals surface area contributed by atoms with Crippen LogP contribution in [0.25, 0.3) is 0 Å². The Labute approximate surface area is 130 Å². The number of rotatable bonds is 5. The van der Waals surface area contributed by atoms with Gasteiger partial charge in [0.15, 0.2) is 5.78 Å². The molecule has 2 rings (SSSR count). The molecule has 0 spiro atoms. The Balaban J connectivity index is 2.15. The van der Waals surface area contributed by atoms with Crippen molar-refractivity contribution in [2.24, 2.45) is 0 Å². The van der Waals surface area contributed by atoms with Crippen LogP contribution in [0.5, 0.6) is 0 Å². The molecule has 0 heterocycles. The van der Waals surface area contributed by atoms with Crippen molar-refractivity contribution in [1.29, 1.82) is 0 Å². The fraction of sp³-hybridized carbons (Fsp3) is 0.588. The monoisotopic (exact) mass is 312 g/mol. The van der Waals surface area contributed by atoms with Gasteiger partial charge in [0.25, 0.3) is 0 Å². The maximum Gasteiger partial charge on any atom is 0.168 e. The minimum atomic E-state index is -0.679. The number of hydrogen-bond donors (Lipinski definition) is 0. The highest BCUT2D eigenvalue weighted by Crippen LogP contribution is 2.32. The Hall–Kier alpha value is -0.930. The van der Waals surface area contributed by atoms with Crippen LogP contribution in [0.2, 0.25) is 5.02 Å². The van der Waals surface area contributed by atoms with E-state index in [2.05, 4.69) is 0 Å². The van der Waals surface area contributed by atoms with Gasteiger partial charge in [0.2, 0.25) is 0 Å². The van der Waals surface area contributed by atoms with Gasteiger partial charge in [0, 0.05) is 13.0 Å². The number of hydrogen-bond acceptors (Lipinski definition) is 2. The molecule has 1 fully saturated rings. The SMILES string of the molecule is CCOC1(C(=O)Cc2ccc(Cl)c(F)c2)CCCCCC1. The first-order chi connectivity index (χ1) is 10.1. The summed E-state index contributed by atoms with van der Waals surface area (Å²) in [5.74, 6) is -0.415. The summed E-state index contributed by atoms with van der Waals surface area (Å²) >= 11 is 5.68. The lowest BCUT2D eigenvalue weighted by atomic mass is 9.86. The summed E-state index contributed by atoms with van der Waals surface area (Å²) in [7, 11) is 0. The molecule has 0 amide bonds. The van der Waals surface area contributed by atoms with Gasteiger partial charge >= 0.3 is 0 Å². The molecule has 4 heteroatoms. The zero-order valence-corrected chi connectivity index (χ0v) is 13.2. The molecular weight excluding hydrogens is 291 g/mol. The van der Waals surface area contributed by atoms with E-state index in [-0.39, 0.29) is 17.2 Å². The Kier molecular flexibility index (Phi) is 5.77. The van der Waals surface area contributed by atoms with E-state index in [1.54, 1.807) is 6.07 Å². The summed E-state index contributed by atoms with van der Waals surface area (Å²) in [5.41, 5.74) is -0.0216. The van der Waals surface area contributed by atoms with Crippen molar-refractivity contribution < 1.29 is 13.9 Å². The van der Waals surface area contributed by atoms with Crippen LogP contribution in [-0.2, 0) is 16.0 Å². The van der Waals surface area contributed by atoms with E-state index in [1.807, 2.05) is 6.92 Å². The number of carbonyl (C=O) groups is 1. The number of ether oxygens (including phenoxy) is 1. The first kappa shape index (κ1) is 16.4. The number of Topliss-reactive ketones (excluding diaryl/α,β-unsaturated/α-hetero) is 1. The minimum absolute atomic E-state index is 0.0629. The van der Waals surface area contributed by atoms with E-state index in [0.717, 1.165) is 38.5 Å². The van der Waals surface area contributed by atoms with Crippen LogP contribution in [0.15, 0.2) is 18.2 Å². The Bertz CT molecular complexity index is 494. The quantitative estimate of drug-likeness (QED) is 0.735. The second-order valence-electron chi connectivity index (χ2n) is 5.69. The van der Waals surface area contributed by atoms with E-state index in [4.69, 9.17) is 16.3 Å². The molecule has 0 aliphatic heterocycles. The topological polar surface area (TPSA) is 26.3 Å². The number of benzene rings is 1. The van der Waals surface area contributed by atoms with Crippen LogP contribution < -0.4 is 0 Å². The van der Waals surface area contributed by atoms with Gasteiger partial charge in [-0.25, -0.2) is 4.39 Å². The summed E-state index contributed by atoms with van der Waals surface area (Å²) in [4.78, 5) is 12.7. The van der Waals surface area contributed by atoms with E-state index in [0.29, 0.717) is 12.2 Å². The second kappa shape index (κ2) is 7.37. The summed E-state index contributed by atoms with van der Waals surface area (Å²) in [5, 5.41) is 0.0835. The molecule has 0 bridgehead atoms. The molecule has 0 aromatic heterocycles. The number of halogens is 2. The molecule has 2 nitrogen and oxygen atoms in total. The molecule has 116 valence electrons. The lowest BCUT2D eigenvalue weighted by Gasteiger charge is -2.31. The molecule has 1 aromatic carbocycles. The third-order valence-corrected chi connectivity index (χ3v) is 4.50. The highest BCUT2D eigenvalue weighted by atomic mass is 35.5. The molecule has 0 unspecified atom stereocenters. The number of ketones is 1. The van der Waals surface area contributed by atoms with Crippen LogP contribution in [-0.4, -0.2) is 18.0 Å². The first-order valence-corrected chi connectivity index (χ1v) is 8.06. The molecule has 0 radical (unpaired) electrons. The third-order valence-electron chi connectivity index (χ3n) is 4.19. The average molecular weight is 313 g/mol. The standard InChI is InChI=1S/C17H22ClFO2/c1-2-21-17(9-5-3-4-6-10-17)16(20)12-13-7-8-14(18)15(19)11-13/h7-8,11H,2-6,9-10,12H2,1H3. The molecule has 0 saturated heterocycles. The third kappa shape index (κ3) is 4.04. The van der Waals surface area contributed by atoms with Crippen molar-refractivity contribution in [3.05, 3.63) is 34.6 Å². The predicted molar refractivity (Wildman–Crippen MR) is 82.2 cm³/mol. The van der Waals surface area contributed by atoms with Crippen molar-refractivity contribution in [3.8, 4) is 0 Å². The van der Waals surface area contributed by atoms with Gasteiger partial charge in [-0.05, 0) is 37.5 Å². The van der Waals surface area contributed by atoms with E-state index in [1.165, 1.54) is 12.1 Å². The van der Waals surface area contributed by atoms with E-state index >= 15 is 0 Å². The highest BCUT2D eigenvalue weighted by Gasteiger charge is 2.38. The van der Waals surface area contributed by atoms with Gasteiger partial charge in [-0.2, -0.15) is 0 Å². The van der Waals surface area contributed by atoms with Crippen LogP contribution in [0.1, 0.15) is 51.0 Å². The molecule has 1 saturated carbocycles. The van der Waals surface area contributed by atoms with Crippen LogP contribution >= 0.6 is 11.6 Å². The minimum Gasteiger partial charge on any atom is -0.367 e. The van der Waals surface area contributed by atoms with E-state index < -0.39 is 11.4 Å². The first-order valence-electron chi connectivity index (χ1n) is 7.68. The normalized spacial score (nSPS) is 18.2. The summed E-state index contributed by atoms with van der Waals surface area (Å²) in [6, 6.07) is 4.55. The second-order valence-corrected chi connectivity index (χ2v) is 6.10. The molecule has 0 N–H and O–H groups in total. The number of carbonyl (C=O) groups excluding carboxylic acids is 1. The molecule has 21 heavy (non-hydrogen) atoms. The van der Waals surface area contributed by atoms with E-state index in [9.17, 15) is 9.18 Å². The van der Waals surface area contributed by atoms with Gasteiger partial charge < -0.3 is 4.74 Å². The van der Waals surface area contributed by atoms with Crippen LogP contribution in [0.4, 0.5) is 4.39 Å². The Morgan fingerprint density at radius 3 is 2.52 bits per heavy atom. The zero-order valence-electron chi connectivity index (χ0n) is 12.5. The van der Waals surface area contributed by atoms with Crippen molar-refractivity contribution in [2.75, 3.05) is 6.61 Å². The molecular formula is C17H22ClFO2. The summed E-state index contributed by atoms with van der Waals surface area (Å²) in [6.45, 7) is 2.45.